The Morgan fingerprint density at radius 1 is 1.19 bits per heavy atom. The molecule has 1 heterocycles. The Morgan fingerprint density at radius 2 is 2.04 bits per heavy atom. The summed E-state index contributed by atoms with van der Waals surface area (Å²) in [6.45, 7) is 4.88. The van der Waals surface area contributed by atoms with Crippen LogP contribution in [0.15, 0.2) is 53.1 Å². The van der Waals surface area contributed by atoms with Crippen molar-refractivity contribution in [1.29, 1.82) is 0 Å². The van der Waals surface area contributed by atoms with E-state index in [1.54, 1.807) is 0 Å². The number of aromatic nitrogens is 2. The van der Waals surface area contributed by atoms with Crippen molar-refractivity contribution in [1.82, 2.24) is 15.5 Å². The lowest BCUT2D eigenvalue weighted by Crippen LogP contribution is -2.28. The summed E-state index contributed by atoms with van der Waals surface area (Å²) in [6.07, 6.45) is 0. The predicted molar refractivity (Wildman–Crippen MR) is 105 cm³/mol. The van der Waals surface area contributed by atoms with Gasteiger partial charge >= 0.3 is 0 Å². The lowest BCUT2D eigenvalue weighted by Gasteiger charge is -2.13. The van der Waals surface area contributed by atoms with Gasteiger partial charge in [0.05, 0.1) is 18.8 Å². The Balaban J connectivity index is 1.59. The Bertz CT molecular complexity index is 895. The van der Waals surface area contributed by atoms with Gasteiger partial charge in [0.25, 0.3) is 0 Å². The van der Waals surface area contributed by atoms with Crippen LogP contribution in [0.5, 0.6) is 5.75 Å². The molecule has 0 spiro atoms. The van der Waals surface area contributed by atoms with Crippen LogP contribution in [-0.4, -0.2) is 21.9 Å². The van der Waals surface area contributed by atoms with Gasteiger partial charge in [-0.2, -0.15) is 4.98 Å². The van der Waals surface area contributed by atoms with Gasteiger partial charge in [-0.25, -0.2) is 0 Å². The van der Waals surface area contributed by atoms with E-state index >= 15 is 0 Å². The summed E-state index contributed by atoms with van der Waals surface area (Å²) >= 11 is 5.33. The van der Waals surface area contributed by atoms with Gasteiger partial charge in [0.1, 0.15) is 5.75 Å². The van der Waals surface area contributed by atoms with Gasteiger partial charge in [0, 0.05) is 5.56 Å². The summed E-state index contributed by atoms with van der Waals surface area (Å²) in [5, 5.41) is 10.6. The molecule has 26 heavy (non-hydrogen) atoms. The average Bonchev–Trinajstić information content (AvgIpc) is 3.11. The Kier molecular flexibility index (Phi) is 5.80. The molecule has 3 aromatic rings. The lowest BCUT2D eigenvalue weighted by atomic mass is 10.1. The molecule has 7 heteroatoms. The number of aryl methyl sites for hydroxylation is 1. The summed E-state index contributed by atoms with van der Waals surface area (Å²) in [7, 11) is 0. The number of para-hydroxylation sites is 2. The van der Waals surface area contributed by atoms with Gasteiger partial charge in [-0.05, 0) is 44.3 Å². The predicted octanol–water partition coefficient (Wildman–Crippen LogP) is 3.93. The van der Waals surface area contributed by atoms with Gasteiger partial charge < -0.3 is 19.9 Å². The van der Waals surface area contributed by atoms with Crippen LogP contribution in [0.25, 0.3) is 11.4 Å². The van der Waals surface area contributed by atoms with Gasteiger partial charge in [-0.1, -0.05) is 41.1 Å². The van der Waals surface area contributed by atoms with Crippen LogP contribution in [-0.2, 0) is 6.54 Å². The van der Waals surface area contributed by atoms with E-state index in [1.165, 1.54) is 0 Å². The van der Waals surface area contributed by atoms with Gasteiger partial charge in [0.2, 0.25) is 11.7 Å². The summed E-state index contributed by atoms with van der Waals surface area (Å²) in [5.41, 5.74) is 2.87. The number of hydrogen-bond donors (Lipinski definition) is 2. The summed E-state index contributed by atoms with van der Waals surface area (Å²) in [6, 6.07) is 15.6. The minimum Gasteiger partial charge on any atom is -0.492 e. The molecule has 0 atom stereocenters. The second kappa shape index (κ2) is 8.44. The molecule has 0 saturated heterocycles. The van der Waals surface area contributed by atoms with E-state index in [-0.39, 0.29) is 0 Å². The maximum Gasteiger partial charge on any atom is 0.246 e. The molecule has 2 aromatic carbocycles. The zero-order chi connectivity index (χ0) is 18.4. The molecule has 0 fully saturated rings. The third-order valence-corrected chi connectivity index (χ3v) is 3.83. The van der Waals surface area contributed by atoms with Crippen LogP contribution in [0.3, 0.4) is 0 Å². The number of rotatable bonds is 6. The summed E-state index contributed by atoms with van der Waals surface area (Å²) in [5.74, 6) is 1.77. The lowest BCUT2D eigenvalue weighted by molar-refractivity contribution is 0.342. The van der Waals surface area contributed by atoms with E-state index in [0.29, 0.717) is 30.0 Å². The first kappa shape index (κ1) is 17.9. The van der Waals surface area contributed by atoms with E-state index < -0.39 is 0 Å². The van der Waals surface area contributed by atoms with Crippen LogP contribution < -0.4 is 15.4 Å². The largest absolute Gasteiger partial charge is 0.492 e. The number of benzene rings is 2. The number of thiocarbonyl (C=S) groups is 1. The molecular formula is C19H20N4O2S. The molecule has 3 rings (SSSR count). The second-order valence-electron chi connectivity index (χ2n) is 5.62. The topological polar surface area (TPSA) is 72.2 Å². The number of anilines is 1. The third-order valence-electron chi connectivity index (χ3n) is 3.58. The highest BCUT2D eigenvalue weighted by Gasteiger charge is 2.10. The van der Waals surface area contributed by atoms with Crippen LogP contribution in [0.1, 0.15) is 18.4 Å². The molecule has 6 nitrogen and oxygen atoms in total. The molecular weight excluding hydrogens is 348 g/mol. The number of nitrogens with zero attached hydrogens (tertiary/aromatic N) is 2. The highest BCUT2D eigenvalue weighted by molar-refractivity contribution is 7.80. The summed E-state index contributed by atoms with van der Waals surface area (Å²) < 4.78 is 10.9. The van der Waals surface area contributed by atoms with Crippen molar-refractivity contribution in [3.8, 4) is 17.1 Å². The SMILES string of the molecule is CCOc1ccccc1NC(=S)NCc1nc(-c2cccc(C)c2)no1. The number of hydrogen-bond acceptors (Lipinski definition) is 5. The molecule has 0 unspecified atom stereocenters. The van der Waals surface area contributed by atoms with Crippen molar-refractivity contribution in [3.05, 3.63) is 60.0 Å². The van der Waals surface area contributed by atoms with Gasteiger partial charge in [-0.3, -0.25) is 0 Å². The molecule has 0 aliphatic carbocycles. The smallest absolute Gasteiger partial charge is 0.246 e. The van der Waals surface area contributed by atoms with Crippen LogP contribution in [0.4, 0.5) is 5.69 Å². The minimum absolute atomic E-state index is 0.335. The molecule has 0 bridgehead atoms. The van der Waals surface area contributed by atoms with Crippen molar-refractivity contribution >= 4 is 23.0 Å². The maximum absolute atomic E-state index is 5.57. The maximum atomic E-state index is 5.57. The monoisotopic (exact) mass is 368 g/mol. The van der Waals surface area contributed by atoms with Crippen LogP contribution in [0, 0.1) is 6.92 Å². The normalized spacial score (nSPS) is 10.4. The number of nitrogens with one attached hydrogen (secondary N) is 2. The first-order chi connectivity index (χ1) is 12.7. The second-order valence-corrected chi connectivity index (χ2v) is 6.03. The van der Waals surface area contributed by atoms with E-state index in [2.05, 4.69) is 20.8 Å². The van der Waals surface area contributed by atoms with E-state index in [0.717, 1.165) is 22.6 Å². The molecule has 0 radical (unpaired) electrons. The van der Waals surface area contributed by atoms with Crippen molar-refractivity contribution in [3.63, 3.8) is 0 Å². The fraction of sp³-hybridized carbons (Fsp3) is 0.211. The third kappa shape index (κ3) is 4.58. The fourth-order valence-corrected chi connectivity index (χ4v) is 2.58. The Morgan fingerprint density at radius 3 is 2.85 bits per heavy atom. The molecule has 0 amide bonds. The zero-order valence-corrected chi connectivity index (χ0v) is 15.5. The van der Waals surface area contributed by atoms with Gasteiger partial charge in [-0.15, -0.1) is 0 Å². The summed E-state index contributed by atoms with van der Waals surface area (Å²) in [4.78, 5) is 4.40. The minimum atomic E-state index is 0.335. The molecule has 134 valence electrons. The molecule has 0 aliphatic rings. The van der Waals surface area contributed by atoms with Crippen molar-refractivity contribution < 1.29 is 9.26 Å². The quantitative estimate of drug-likeness (QED) is 0.639. The Hall–Kier alpha value is -2.93. The Labute approximate surface area is 157 Å². The van der Waals surface area contributed by atoms with Crippen LogP contribution >= 0.6 is 12.2 Å². The first-order valence-electron chi connectivity index (χ1n) is 8.32. The fourth-order valence-electron chi connectivity index (χ4n) is 2.40. The molecule has 1 aromatic heterocycles. The van der Waals surface area contributed by atoms with Crippen LogP contribution in [0.2, 0.25) is 0 Å². The average molecular weight is 368 g/mol. The molecule has 0 saturated carbocycles. The molecule has 0 aliphatic heterocycles. The number of ether oxygens (including phenoxy) is 1. The van der Waals surface area contributed by atoms with Crippen molar-refractivity contribution in [2.75, 3.05) is 11.9 Å². The molecule has 2 N–H and O–H groups in total. The van der Waals surface area contributed by atoms with E-state index in [9.17, 15) is 0 Å². The van der Waals surface area contributed by atoms with E-state index in [1.807, 2.05) is 62.4 Å². The van der Waals surface area contributed by atoms with E-state index in [4.69, 9.17) is 21.5 Å². The van der Waals surface area contributed by atoms with Gasteiger partial charge in [0.15, 0.2) is 5.11 Å². The first-order valence-corrected chi connectivity index (χ1v) is 8.73. The van der Waals surface area contributed by atoms with Crippen molar-refractivity contribution in [2.45, 2.75) is 20.4 Å². The zero-order valence-electron chi connectivity index (χ0n) is 14.7. The highest BCUT2D eigenvalue weighted by Crippen LogP contribution is 2.23. The highest BCUT2D eigenvalue weighted by atomic mass is 32.1. The van der Waals surface area contributed by atoms with Crippen molar-refractivity contribution in [2.24, 2.45) is 0 Å². The standard InChI is InChI=1S/C19H20N4O2S/c1-3-24-16-10-5-4-9-15(16)21-19(26)20-12-17-22-18(23-25-17)14-8-6-7-13(2)11-14/h4-11H,3,12H2,1-2H3,(H2,20,21,26).